The van der Waals surface area contributed by atoms with Gasteiger partial charge in [-0.05, 0) is 12.8 Å². The van der Waals surface area contributed by atoms with Crippen LogP contribution in [0.5, 0.6) is 0 Å². The second-order valence-corrected chi connectivity index (χ2v) is 6.88. The molecular formula is C21H42O4. The number of hydrogen-bond donors (Lipinski definition) is 2. The summed E-state index contributed by atoms with van der Waals surface area (Å²) in [5.74, 6) is -1.32. The van der Waals surface area contributed by atoms with Gasteiger partial charge >= 0.3 is 11.9 Å². The number of hydrogen-bond acceptors (Lipinski definition) is 2. The fraction of sp³-hybridized carbons (Fsp3) is 0.905. The van der Waals surface area contributed by atoms with E-state index in [-0.39, 0.29) is 0 Å². The molecule has 2 N–H and O–H groups in total. The number of aliphatic carboxylic acids is 2. The van der Waals surface area contributed by atoms with Crippen LogP contribution in [0.3, 0.4) is 0 Å². The summed E-state index contributed by atoms with van der Waals surface area (Å²) in [6, 6.07) is 0. The topological polar surface area (TPSA) is 74.6 Å². The van der Waals surface area contributed by atoms with Crippen LogP contribution in [0.4, 0.5) is 0 Å². The lowest BCUT2D eigenvalue weighted by Gasteiger charge is -1.99. The Morgan fingerprint density at radius 3 is 0.960 bits per heavy atom. The normalized spacial score (nSPS) is 10.2. The molecule has 0 aliphatic carbocycles. The second-order valence-electron chi connectivity index (χ2n) is 6.88. The van der Waals surface area contributed by atoms with E-state index in [1.54, 1.807) is 0 Å². The van der Waals surface area contributed by atoms with Crippen LogP contribution in [0, 0.1) is 0 Å². The van der Waals surface area contributed by atoms with E-state index in [1.165, 1.54) is 70.6 Å². The summed E-state index contributed by atoms with van der Waals surface area (Å²) in [7, 11) is 0. The first-order chi connectivity index (χ1) is 12.0. The van der Waals surface area contributed by atoms with Crippen LogP contribution in [0.15, 0.2) is 0 Å². The van der Waals surface area contributed by atoms with Crippen molar-refractivity contribution in [3.63, 3.8) is 0 Å². The Hall–Kier alpha value is -1.06. The lowest BCUT2D eigenvalue weighted by Crippen LogP contribution is -1.93. The predicted octanol–water partition coefficient (Wildman–Crippen LogP) is 6.81. The van der Waals surface area contributed by atoms with Crippen LogP contribution in [-0.2, 0) is 9.59 Å². The molecule has 0 aromatic rings. The fourth-order valence-electron chi connectivity index (χ4n) is 2.64. The van der Waals surface area contributed by atoms with Crippen LogP contribution in [-0.4, -0.2) is 22.2 Å². The summed E-state index contributed by atoms with van der Waals surface area (Å²) in [5.41, 5.74) is 0. The van der Waals surface area contributed by atoms with E-state index >= 15 is 0 Å². The van der Waals surface area contributed by atoms with Crippen LogP contribution < -0.4 is 0 Å². The van der Waals surface area contributed by atoms with Gasteiger partial charge in [-0.1, -0.05) is 97.3 Å². The first-order valence-electron chi connectivity index (χ1n) is 10.5. The van der Waals surface area contributed by atoms with Crippen molar-refractivity contribution in [2.75, 3.05) is 0 Å². The van der Waals surface area contributed by atoms with Crippen LogP contribution in [0.25, 0.3) is 0 Å². The quantitative estimate of drug-likeness (QED) is 0.280. The molecular weight excluding hydrogens is 316 g/mol. The zero-order valence-corrected chi connectivity index (χ0v) is 16.7. The van der Waals surface area contributed by atoms with Gasteiger partial charge in [-0.25, -0.2) is 0 Å². The molecule has 0 spiro atoms. The molecule has 0 aliphatic rings. The molecule has 0 fully saturated rings. The number of carboxylic acid groups (broad SMARTS) is 2. The third-order valence-corrected chi connectivity index (χ3v) is 4.24. The van der Waals surface area contributed by atoms with Gasteiger partial charge in [0, 0.05) is 12.8 Å². The van der Waals surface area contributed by atoms with Crippen molar-refractivity contribution in [2.24, 2.45) is 0 Å². The Kier molecular flexibility index (Phi) is 24.0. The second kappa shape index (κ2) is 22.9. The molecule has 0 aliphatic heterocycles. The van der Waals surface area contributed by atoms with Crippen molar-refractivity contribution >= 4 is 11.9 Å². The Morgan fingerprint density at radius 1 is 0.480 bits per heavy atom. The van der Waals surface area contributed by atoms with Gasteiger partial charge in [0.25, 0.3) is 0 Å². The number of carbonyl (C=O) groups is 2. The number of carboxylic acids is 2. The van der Waals surface area contributed by atoms with Crippen molar-refractivity contribution < 1.29 is 19.8 Å². The molecule has 0 saturated carbocycles. The maximum atomic E-state index is 10.2. The highest BCUT2D eigenvalue weighted by atomic mass is 16.4. The van der Waals surface area contributed by atoms with Gasteiger partial charge in [-0.15, -0.1) is 0 Å². The average molecular weight is 359 g/mol. The highest BCUT2D eigenvalue weighted by Gasteiger charge is 1.96. The summed E-state index contributed by atoms with van der Waals surface area (Å²) < 4.78 is 0. The molecule has 0 bridgehead atoms. The molecule has 0 aromatic carbocycles. The molecule has 0 amide bonds. The minimum Gasteiger partial charge on any atom is -0.481 e. The van der Waals surface area contributed by atoms with E-state index < -0.39 is 11.9 Å². The van der Waals surface area contributed by atoms with Gasteiger partial charge in [0.05, 0.1) is 0 Å². The van der Waals surface area contributed by atoms with E-state index in [2.05, 4.69) is 13.8 Å². The largest absolute Gasteiger partial charge is 0.481 e. The van der Waals surface area contributed by atoms with Crippen molar-refractivity contribution in [3.05, 3.63) is 0 Å². The minimum atomic E-state index is -0.663. The predicted molar refractivity (Wildman–Crippen MR) is 105 cm³/mol. The van der Waals surface area contributed by atoms with Crippen LogP contribution in [0.2, 0.25) is 0 Å². The lowest BCUT2D eigenvalue weighted by molar-refractivity contribution is -0.138. The van der Waals surface area contributed by atoms with Gasteiger partial charge < -0.3 is 10.2 Å². The van der Waals surface area contributed by atoms with Crippen LogP contribution in [0.1, 0.15) is 123 Å². The summed E-state index contributed by atoms with van der Waals surface area (Å²) >= 11 is 0. The van der Waals surface area contributed by atoms with Gasteiger partial charge in [-0.3, -0.25) is 9.59 Å². The molecule has 0 rings (SSSR count). The minimum absolute atomic E-state index is 0.341. The molecule has 4 nitrogen and oxygen atoms in total. The summed E-state index contributed by atoms with van der Waals surface area (Å²) in [4.78, 5) is 20.3. The zero-order valence-electron chi connectivity index (χ0n) is 16.7. The van der Waals surface area contributed by atoms with E-state index in [4.69, 9.17) is 10.2 Å². The van der Waals surface area contributed by atoms with Crippen LogP contribution >= 0.6 is 0 Å². The molecule has 0 radical (unpaired) electrons. The van der Waals surface area contributed by atoms with Gasteiger partial charge in [0.15, 0.2) is 0 Å². The van der Waals surface area contributed by atoms with Crippen molar-refractivity contribution in [3.8, 4) is 0 Å². The Morgan fingerprint density at radius 2 is 0.720 bits per heavy atom. The number of unbranched alkanes of at least 4 members (excludes halogenated alkanes) is 13. The third kappa shape index (κ3) is 31.3. The molecule has 4 heteroatoms. The SMILES string of the molecule is CCCCCCCCCC(=O)O.CCCCCCCCCCC(=O)O. The highest BCUT2D eigenvalue weighted by Crippen LogP contribution is 2.09. The average Bonchev–Trinajstić information content (AvgIpc) is 2.56. The van der Waals surface area contributed by atoms with E-state index in [0.29, 0.717) is 12.8 Å². The van der Waals surface area contributed by atoms with Crippen molar-refractivity contribution in [1.29, 1.82) is 0 Å². The molecule has 0 atom stereocenters. The standard InChI is InChI=1S/C11H22O2.C10H20O2/c1-2-3-4-5-6-7-8-9-10-11(12)13;1-2-3-4-5-6-7-8-9-10(11)12/h2-10H2,1H3,(H,12,13);2-9H2,1H3,(H,11,12). The van der Waals surface area contributed by atoms with E-state index in [9.17, 15) is 9.59 Å². The number of rotatable bonds is 17. The van der Waals surface area contributed by atoms with E-state index in [0.717, 1.165) is 25.7 Å². The first-order valence-corrected chi connectivity index (χ1v) is 10.5. The van der Waals surface area contributed by atoms with Gasteiger partial charge in [0.2, 0.25) is 0 Å². The zero-order chi connectivity index (χ0) is 19.2. The third-order valence-electron chi connectivity index (χ3n) is 4.24. The molecule has 0 unspecified atom stereocenters. The lowest BCUT2D eigenvalue weighted by atomic mass is 10.1. The maximum absolute atomic E-state index is 10.2. The molecule has 150 valence electrons. The summed E-state index contributed by atoms with van der Waals surface area (Å²) in [5, 5.41) is 16.7. The first kappa shape index (κ1) is 26.2. The Bertz CT molecular complexity index is 290. The summed E-state index contributed by atoms with van der Waals surface area (Å²) in [6.07, 6.45) is 18.7. The Labute approximate surface area is 155 Å². The highest BCUT2D eigenvalue weighted by molar-refractivity contribution is 5.66. The van der Waals surface area contributed by atoms with Gasteiger partial charge in [0.1, 0.15) is 0 Å². The monoisotopic (exact) mass is 358 g/mol. The van der Waals surface area contributed by atoms with Crippen molar-refractivity contribution in [1.82, 2.24) is 0 Å². The Balaban J connectivity index is 0. The van der Waals surface area contributed by atoms with Crippen molar-refractivity contribution in [2.45, 2.75) is 123 Å². The fourth-order valence-corrected chi connectivity index (χ4v) is 2.64. The summed E-state index contributed by atoms with van der Waals surface area (Å²) in [6.45, 7) is 4.41. The molecule has 0 heterocycles. The molecule has 25 heavy (non-hydrogen) atoms. The molecule has 0 saturated heterocycles. The van der Waals surface area contributed by atoms with Gasteiger partial charge in [-0.2, -0.15) is 0 Å². The van der Waals surface area contributed by atoms with E-state index in [1.807, 2.05) is 0 Å². The maximum Gasteiger partial charge on any atom is 0.303 e. The molecule has 0 aromatic heterocycles. The smallest absolute Gasteiger partial charge is 0.303 e.